The van der Waals surface area contributed by atoms with Crippen molar-refractivity contribution in [3.05, 3.63) is 78.1 Å². The van der Waals surface area contributed by atoms with Crippen LogP contribution in [-0.2, 0) is 13.6 Å². The number of fused-ring (bicyclic) bond motifs is 1. The van der Waals surface area contributed by atoms with Crippen LogP contribution in [0.1, 0.15) is 23.6 Å². The fourth-order valence-electron chi connectivity index (χ4n) is 4.67. The molecule has 2 fully saturated rings. The van der Waals surface area contributed by atoms with Gasteiger partial charge in [0.25, 0.3) is 0 Å². The zero-order valence-corrected chi connectivity index (χ0v) is 16.3. The number of nitrogens with one attached hydrogen (secondary N) is 2. The number of aryl methyl sites for hydroxylation is 1. The molecule has 0 radical (unpaired) electrons. The van der Waals surface area contributed by atoms with Crippen LogP contribution in [0.25, 0.3) is 11.1 Å². The molecule has 2 N–H and O–H groups in total. The number of hydrogen-bond acceptors (Lipinski definition) is 4. The molecule has 0 saturated carbocycles. The summed E-state index contributed by atoms with van der Waals surface area (Å²) in [5.41, 5.74) is 12.3. The fourth-order valence-corrected chi connectivity index (χ4v) is 4.67. The topological polar surface area (TPSA) is 45.1 Å². The molecule has 5 rings (SSSR count). The average Bonchev–Trinajstić information content (AvgIpc) is 3.34. The maximum absolute atomic E-state index is 4.31. The second kappa shape index (κ2) is 7.51. The van der Waals surface area contributed by atoms with Gasteiger partial charge in [-0.05, 0) is 23.1 Å². The summed E-state index contributed by atoms with van der Waals surface area (Å²) in [5.74, 6) is 0.577. The van der Waals surface area contributed by atoms with Crippen molar-refractivity contribution in [3.8, 4) is 11.1 Å². The highest BCUT2D eigenvalue weighted by Crippen LogP contribution is 2.35. The van der Waals surface area contributed by atoms with Gasteiger partial charge in [0, 0.05) is 50.4 Å². The molecule has 2 saturated heterocycles. The molecular formula is C23H27N5. The quantitative estimate of drug-likeness (QED) is 0.738. The SMILES string of the molecule is Cn1cc(CN2CCC3NNC(c4ccc(-c5ccccc5)cc4)C3C2)cn1. The number of benzene rings is 2. The number of hydrazine groups is 1. The van der Waals surface area contributed by atoms with Gasteiger partial charge < -0.3 is 0 Å². The van der Waals surface area contributed by atoms with E-state index in [1.54, 1.807) is 0 Å². The minimum Gasteiger partial charge on any atom is -0.298 e. The molecule has 3 atom stereocenters. The number of nitrogens with zero attached hydrogens (tertiary/aromatic N) is 3. The van der Waals surface area contributed by atoms with E-state index in [4.69, 9.17) is 0 Å². The van der Waals surface area contributed by atoms with Gasteiger partial charge in [-0.15, -0.1) is 0 Å². The molecule has 3 heterocycles. The summed E-state index contributed by atoms with van der Waals surface area (Å²) in [6.07, 6.45) is 5.28. The van der Waals surface area contributed by atoms with E-state index in [2.05, 4.69) is 81.6 Å². The molecule has 144 valence electrons. The number of aromatic nitrogens is 2. The molecule has 0 amide bonds. The van der Waals surface area contributed by atoms with E-state index in [0.717, 1.165) is 19.6 Å². The van der Waals surface area contributed by atoms with Gasteiger partial charge in [0.2, 0.25) is 0 Å². The number of likely N-dealkylation sites (tertiary alicyclic amines) is 1. The third-order valence-corrected chi connectivity index (χ3v) is 6.14. The number of hydrogen-bond donors (Lipinski definition) is 2. The van der Waals surface area contributed by atoms with Crippen LogP contribution in [0.15, 0.2) is 67.0 Å². The van der Waals surface area contributed by atoms with Crippen molar-refractivity contribution in [2.75, 3.05) is 13.1 Å². The minimum absolute atomic E-state index is 0.353. The molecule has 5 nitrogen and oxygen atoms in total. The second-order valence-electron chi connectivity index (χ2n) is 8.07. The zero-order chi connectivity index (χ0) is 18.9. The molecular weight excluding hydrogens is 346 g/mol. The fraction of sp³-hybridized carbons (Fsp3) is 0.348. The van der Waals surface area contributed by atoms with E-state index in [0.29, 0.717) is 18.0 Å². The van der Waals surface area contributed by atoms with Crippen molar-refractivity contribution < 1.29 is 0 Å². The van der Waals surface area contributed by atoms with Crippen molar-refractivity contribution in [2.24, 2.45) is 13.0 Å². The Morgan fingerprint density at radius 3 is 2.54 bits per heavy atom. The average molecular weight is 374 g/mol. The van der Waals surface area contributed by atoms with Crippen molar-refractivity contribution in [3.63, 3.8) is 0 Å². The van der Waals surface area contributed by atoms with Crippen molar-refractivity contribution >= 4 is 0 Å². The molecule has 3 unspecified atom stereocenters. The summed E-state index contributed by atoms with van der Waals surface area (Å²) >= 11 is 0. The summed E-state index contributed by atoms with van der Waals surface area (Å²) in [4.78, 5) is 2.57. The Labute approximate surface area is 166 Å². The van der Waals surface area contributed by atoms with E-state index in [9.17, 15) is 0 Å². The van der Waals surface area contributed by atoms with Gasteiger partial charge in [0.1, 0.15) is 0 Å². The summed E-state index contributed by atoms with van der Waals surface area (Å²) in [6, 6.07) is 20.5. The van der Waals surface area contributed by atoms with Crippen molar-refractivity contribution in [1.82, 2.24) is 25.5 Å². The zero-order valence-electron chi connectivity index (χ0n) is 16.3. The lowest BCUT2D eigenvalue weighted by molar-refractivity contribution is 0.148. The van der Waals surface area contributed by atoms with E-state index in [1.807, 2.05) is 17.9 Å². The molecule has 28 heavy (non-hydrogen) atoms. The maximum atomic E-state index is 4.31. The molecule has 0 spiro atoms. The lowest BCUT2D eigenvalue weighted by atomic mass is 9.84. The van der Waals surface area contributed by atoms with E-state index in [1.165, 1.54) is 28.7 Å². The van der Waals surface area contributed by atoms with Gasteiger partial charge in [0.15, 0.2) is 0 Å². The summed E-state index contributed by atoms with van der Waals surface area (Å²) in [5, 5.41) is 4.31. The van der Waals surface area contributed by atoms with Crippen LogP contribution in [0.3, 0.4) is 0 Å². The molecule has 2 aromatic carbocycles. The molecule has 0 bridgehead atoms. The lowest BCUT2D eigenvalue weighted by Crippen LogP contribution is -2.45. The van der Waals surface area contributed by atoms with Gasteiger partial charge in [-0.3, -0.25) is 15.0 Å². The Morgan fingerprint density at radius 2 is 1.79 bits per heavy atom. The highest BCUT2D eigenvalue weighted by molar-refractivity contribution is 5.63. The third kappa shape index (κ3) is 3.49. The largest absolute Gasteiger partial charge is 0.298 e. The van der Waals surface area contributed by atoms with Crippen LogP contribution >= 0.6 is 0 Å². The van der Waals surface area contributed by atoms with Crippen LogP contribution in [0.5, 0.6) is 0 Å². The van der Waals surface area contributed by atoms with Gasteiger partial charge in [-0.2, -0.15) is 5.10 Å². The van der Waals surface area contributed by atoms with Crippen LogP contribution in [-0.4, -0.2) is 33.8 Å². The first kappa shape index (κ1) is 17.6. The van der Waals surface area contributed by atoms with Crippen LogP contribution in [0.2, 0.25) is 0 Å². The highest BCUT2D eigenvalue weighted by Gasteiger charge is 2.40. The monoisotopic (exact) mass is 373 g/mol. The second-order valence-corrected chi connectivity index (χ2v) is 8.07. The highest BCUT2D eigenvalue weighted by atomic mass is 15.4. The standard InChI is InChI=1S/C23H27N5/c1-27-14-17(13-24-27)15-28-12-11-22-21(16-28)23(26-25-22)20-9-7-19(8-10-20)18-5-3-2-4-6-18/h2-10,13-14,21-23,25-26H,11-12,15-16H2,1H3. The normalized spacial score (nSPS) is 25.0. The Bertz CT molecular complexity index is 918. The Hall–Kier alpha value is -2.47. The molecule has 0 aliphatic carbocycles. The summed E-state index contributed by atoms with van der Waals surface area (Å²) in [6.45, 7) is 3.21. The first-order valence-electron chi connectivity index (χ1n) is 10.1. The van der Waals surface area contributed by atoms with Crippen LogP contribution in [0, 0.1) is 5.92 Å². The van der Waals surface area contributed by atoms with E-state index < -0.39 is 0 Å². The van der Waals surface area contributed by atoms with Gasteiger partial charge in [-0.25, -0.2) is 5.43 Å². The predicted octanol–water partition coefficient (Wildman–Crippen LogP) is 3.13. The van der Waals surface area contributed by atoms with E-state index in [-0.39, 0.29) is 0 Å². The third-order valence-electron chi connectivity index (χ3n) is 6.14. The van der Waals surface area contributed by atoms with Gasteiger partial charge in [-0.1, -0.05) is 54.6 Å². The van der Waals surface area contributed by atoms with E-state index >= 15 is 0 Å². The van der Waals surface area contributed by atoms with Gasteiger partial charge in [0.05, 0.1) is 12.2 Å². The van der Waals surface area contributed by atoms with Crippen LogP contribution < -0.4 is 10.9 Å². The molecule has 2 aliphatic heterocycles. The summed E-state index contributed by atoms with van der Waals surface area (Å²) in [7, 11) is 1.98. The van der Waals surface area contributed by atoms with Crippen molar-refractivity contribution in [1.29, 1.82) is 0 Å². The lowest BCUT2D eigenvalue weighted by Gasteiger charge is -2.36. The summed E-state index contributed by atoms with van der Waals surface area (Å²) < 4.78 is 1.89. The van der Waals surface area contributed by atoms with Crippen molar-refractivity contribution in [2.45, 2.75) is 25.0 Å². The number of piperidine rings is 1. The molecule has 3 aromatic rings. The smallest absolute Gasteiger partial charge is 0.0534 e. The maximum Gasteiger partial charge on any atom is 0.0534 e. The Balaban J connectivity index is 1.30. The molecule has 1 aromatic heterocycles. The Morgan fingerprint density at radius 1 is 1.00 bits per heavy atom. The Kier molecular flexibility index (Phi) is 4.72. The molecule has 2 aliphatic rings. The minimum atomic E-state index is 0.353. The molecule has 5 heteroatoms. The first-order chi connectivity index (χ1) is 13.8. The predicted molar refractivity (Wildman–Crippen MR) is 111 cm³/mol. The van der Waals surface area contributed by atoms with Crippen LogP contribution in [0.4, 0.5) is 0 Å². The first-order valence-corrected chi connectivity index (χ1v) is 10.1. The van der Waals surface area contributed by atoms with Gasteiger partial charge >= 0.3 is 0 Å². The number of rotatable bonds is 4.